The summed E-state index contributed by atoms with van der Waals surface area (Å²) in [6.07, 6.45) is -0.530. The molecule has 0 atom stereocenters. The molecule has 0 fully saturated rings. The molecule has 5 aromatic rings. The zero-order chi connectivity index (χ0) is 30.9. The summed E-state index contributed by atoms with van der Waals surface area (Å²) in [6.45, 7) is 0.855. The highest BCUT2D eigenvalue weighted by Gasteiger charge is 2.20. The van der Waals surface area contributed by atoms with Crippen LogP contribution in [0.5, 0.6) is 11.5 Å². The van der Waals surface area contributed by atoms with Gasteiger partial charge in [-0.3, -0.25) is 4.79 Å². The van der Waals surface area contributed by atoms with Gasteiger partial charge in [0.05, 0.1) is 17.2 Å². The Kier molecular flexibility index (Phi) is 9.49. The molecule has 9 nitrogen and oxygen atoms in total. The predicted molar refractivity (Wildman–Crippen MR) is 169 cm³/mol. The van der Waals surface area contributed by atoms with E-state index in [1.54, 1.807) is 66.0 Å². The number of carboxylic acid groups (broad SMARTS) is 1. The lowest BCUT2D eigenvalue weighted by molar-refractivity contribution is 0.103. The first-order valence-electron chi connectivity index (χ1n) is 13.8. The SMILES string of the molecule is N#Cc1c(-c2cccc(OCCCN(Cc3ccccc3)C(=O)O)c2)cc(-c2ccccc2O)nc1NC(=O)c1cccs1. The van der Waals surface area contributed by atoms with E-state index in [0.29, 0.717) is 46.0 Å². The number of nitrogens with zero attached hydrogens (tertiary/aromatic N) is 3. The van der Waals surface area contributed by atoms with Crippen molar-refractivity contribution < 1.29 is 24.5 Å². The molecule has 10 heteroatoms. The fourth-order valence-electron chi connectivity index (χ4n) is 4.63. The predicted octanol–water partition coefficient (Wildman–Crippen LogP) is 7.26. The zero-order valence-corrected chi connectivity index (χ0v) is 24.3. The molecule has 0 bridgehead atoms. The number of aromatic hydroxyl groups is 1. The Bertz CT molecular complexity index is 1800. The first kappa shape index (κ1) is 29.8. The summed E-state index contributed by atoms with van der Waals surface area (Å²) in [6, 6.07) is 30.6. The third-order valence-corrected chi connectivity index (χ3v) is 7.63. The number of para-hydroxylation sites is 1. The Morgan fingerprint density at radius 2 is 1.75 bits per heavy atom. The molecule has 2 heterocycles. The molecule has 0 aliphatic heterocycles. The van der Waals surface area contributed by atoms with E-state index in [1.807, 2.05) is 36.4 Å². The van der Waals surface area contributed by atoms with E-state index >= 15 is 0 Å². The minimum absolute atomic E-state index is 0.00550. The molecule has 220 valence electrons. The molecule has 0 spiro atoms. The van der Waals surface area contributed by atoms with Crippen molar-refractivity contribution in [1.82, 2.24) is 9.88 Å². The fraction of sp³-hybridized carbons (Fsp3) is 0.118. The van der Waals surface area contributed by atoms with Crippen LogP contribution in [0.2, 0.25) is 0 Å². The number of ether oxygens (including phenoxy) is 1. The highest BCUT2D eigenvalue weighted by Crippen LogP contribution is 2.36. The van der Waals surface area contributed by atoms with Crippen molar-refractivity contribution in [1.29, 1.82) is 5.26 Å². The van der Waals surface area contributed by atoms with Gasteiger partial charge in [0, 0.05) is 24.2 Å². The van der Waals surface area contributed by atoms with Gasteiger partial charge in [0.2, 0.25) is 0 Å². The largest absolute Gasteiger partial charge is 0.507 e. The number of carbonyl (C=O) groups is 2. The number of phenolic OH excluding ortho intramolecular Hbond substituents is 1. The molecule has 0 radical (unpaired) electrons. The van der Waals surface area contributed by atoms with Crippen LogP contribution in [0.25, 0.3) is 22.4 Å². The maximum atomic E-state index is 12.9. The number of hydrogen-bond acceptors (Lipinski definition) is 7. The molecule has 0 unspecified atom stereocenters. The van der Waals surface area contributed by atoms with Gasteiger partial charge in [-0.15, -0.1) is 11.3 Å². The van der Waals surface area contributed by atoms with Crippen LogP contribution in [0, 0.1) is 11.3 Å². The number of thiophene rings is 1. The number of carbonyl (C=O) groups excluding carboxylic acids is 1. The van der Waals surface area contributed by atoms with Crippen molar-refractivity contribution in [3.8, 4) is 40.0 Å². The Labute approximate surface area is 258 Å². The van der Waals surface area contributed by atoms with E-state index in [2.05, 4.69) is 16.4 Å². The molecule has 0 aliphatic carbocycles. The molecule has 2 amide bonds. The summed E-state index contributed by atoms with van der Waals surface area (Å²) in [5.74, 6) is 0.205. The molecule has 44 heavy (non-hydrogen) atoms. The Morgan fingerprint density at radius 1 is 0.955 bits per heavy atom. The Hall–Kier alpha value is -5.66. The second-order valence-corrected chi connectivity index (χ2v) is 10.7. The third-order valence-electron chi connectivity index (χ3n) is 6.76. The first-order valence-corrected chi connectivity index (χ1v) is 14.6. The monoisotopic (exact) mass is 604 g/mol. The number of aromatic nitrogens is 1. The van der Waals surface area contributed by atoms with Crippen LogP contribution >= 0.6 is 11.3 Å². The van der Waals surface area contributed by atoms with Crippen LogP contribution < -0.4 is 10.1 Å². The van der Waals surface area contributed by atoms with E-state index in [9.17, 15) is 25.1 Å². The highest BCUT2D eigenvalue weighted by molar-refractivity contribution is 7.12. The summed E-state index contributed by atoms with van der Waals surface area (Å²) in [5, 5.41) is 34.9. The summed E-state index contributed by atoms with van der Waals surface area (Å²) in [5.41, 5.74) is 3.01. The second-order valence-electron chi connectivity index (χ2n) is 9.76. The van der Waals surface area contributed by atoms with Crippen LogP contribution in [0.3, 0.4) is 0 Å². The van der Waals surface area contributed by atoms with Gasteiger partial charge >= 0.3 is 6.09 Å². The van der Waals surface area contributed by atoms with Gasteiger partial charge in [0.1, 0.15) is 23.1 Å². The van der Waals surface area contributed by atoms with Gasteiger partial charge in [-0.2, -0.15) is 5.26 Å². The third kappa shape index (κ3) is 7.21. The zero-order valence-electron chi connectivity index (χ0n) is 23.5. The average Bonchev–Trinajstić information content (AvgIpc) is 3.58. The quantitative estimate of drug-likeness (QED) is 0.135. The average molecular weight is 605 g/mol. The normalized spacial score (nSPS) is 10.5. The van der Waals surface area contributed by atoms with Crippen LogP contribution in [0.15, 0.2) is 102 Å². The molecule has 2 aromatic heterocycles. The number of nitrogens with one attached hydrogen (secondary N) is 1. The van der Waals surface area contributed by atoms with E-state index in [1.165, 1.54) is 16.2 Å². The number of nitriles is 1. The number of benzene rings is 3. The number of rotatable bonds is 11. The lowest BCUT2D eigenvalue weighted by Crippen LogP contribution is -2.30. The minimum Gasteiger partial charge on any atom is -0.507 e. The topological polar surface area (TPSA) is 136 Å². The minimum atomic E-state index is -1.00. The molecule has 0 aliphatic rings. The molecule has 0 saturated heterocycles. The van der Waals surface area contributed by atoms with E-state index in [4.69, 9.17) is 4.74 Å². The van der Waals surface area contributed by atoms with Crippen LogP contribution in [-0.2, 0) is 6.54 Å². The van der Waals surface area contributed by atoms with Gasteiger partial charge in [-0.25, -0.2) is 9.78 Å². The smallest absolute Gasteiger partial charge is 0.407 e. The molecule has 3 N–H and O–H groups in total. The lowest BCUT2D eigenvalue weighted by atomic mass is 9.98. The van der Waals surface area contributed by atoms with Crippen molar-refractivity contribution in [2.75, 3.05) is 18.5 Å². The molecule has 5 rings (SSSR count). The van der Waals surface area contributed by atoms with E-state index < -0.39 is 12.0 Å². The Morgan fingerprint density at radius 3 is 2.48 bits per heavy atom. The van der Waals surface area contributed by atoms with E-state index in [-0.39, 0.29) is 30.3 Å². The Balaban J connectivity index is 1.39. The van der Waals surface area contributed by atoms with Crippen molar-refractivity contribution in [2.24, 2.45) is 0 Å². The van der Waals surface area contributed by atoms with Crippen molar-refractivity contribution >= 4 is 29.2 Å². The molecular weight excluding hydrogens is 576 g/mol. The van der Waals surface area contributed by atoms with Crippen LogP contribution in [-0.4, -0.2) is 45.2 Å². The number of amides is 2. The summed E-state index contributed by atoms with van der Waals surface area (Å²) in [7, 11) is 0. The fourth-order valence-corrected chi connectivity index (χ4v) is 5.25. The first-order chi connectivity index (χ1) is 21.4. The van der Waals surface area contributed by atoms with Gasteiger partial charge in [0.25, 0.3) is 5.91 Å². The number of anilines is 1. The van der Waals surface area contributed by atoms with Crippen LogP contribution in [0.1, 0.15) is 27.2 Å². The van der Waals surface area contributed by atoms with Gasteiger partial charge in [-0.1, -0.05) is 60.7 Å². The van der Waals surface area contributed by atoms with Gasteiger partial charge < -0.3 is 25.2 Å². The summed E-state index contributed by atoms with van der Waals surface area (Å²) >= 11 is 1.27. The van der Waals surface area contributed by atoms with Gasteiger partial charge in [-0.05, 0) is 59.3 Å². The van der Waals surface area contributed by atoms with Crippen molar-refractivity contribution in [3.05, 3.63) is 118 Å². The maximum Gasteiger partial charge on any atom is 0.407 e. The van der Waals surface area contributed by atoms with Crippen LogP contribution in [0.4, 0.5) is 10.6 Å². The lowest BCUT2D eigenvalue weighted by Gasteiger charge is -2.19. The molecular formula is C34H28N4O5S. The highest BCUT2D eigenvalue weighted by atomic mass is 32.1. The number of hydrogen-bond donors (Lipinski definition) is 3. The van der Waals surface area contributed by atoms with Crippen molar-refractivity contribution in [2.45, 2.75) is 13.0 Å². The van der Waals surface area contributed by atoms with Crippen molar-refractivity contribution in [3.63, 3.8) is 0 Å². The summed E-state index contributed by atoms with van der Waals surface area (Å²) in [4.78, 5) is 31.1. The maximum absolute atomic E-state index is 12.9. The second kappa shape index (κ2) is 14.0. The number of pyridine rings is 1. The molecule has 3 aromatic carbocycles. The standard InChI is InChI=1S/C34H28N4O5S/c35-21-28-27(20-29(26-13-4-5-14-30(26)39)36-32(28)37-33(40)31-15-7-18-44-31)24-11-6-12-25(19-24)43-17-8-16-38(34(41)42)22-23-9-2-1-3-10-23/h1-7,9-15,18-20,39H,8,16-17,22H2,(H,41,42)(H,36,37,40). The summed E-state index contributed by atoms with van der Waals surface area (Å²) < 4.78 is 5.97. The molecule has 0 saturated carbocycles. The number of phenols is 1. The van der Waals surface area contributed by atoms with E-state index in [0.717, 1.165) is 5.56 Å². The van der Waals surface area contributed by atoms with Gasteiger partial charge in [0.15, 0.2) is 5.82 Å².